The Balaban J connectivity index is 2.25. The van der Waals surface area contributed by atoms with Crippen LogP contribution in [0.15, 0.2) is 36.9 Å². The molecule has 0 saturated carbocycles. The molecule has 0 unspecified atom stereocenters. The lowest BCUT2D eigenvalue weighted by Crippen LogP contribution is -2.18. The number of aromatic nitrogens is 2. The number of amides is 1. The van der Waals surface area contributed by atoms with Crippen molar-refractivity contribution in [3.63, 3.8) is 0 Å². The summed E-state index contributed by atoms with van der Waals surface area (Å²) in [6, 6.07) is 3.06. The molecule has 1 amide bonds. The van der Waals surface area contributed by atoms with E-state index >= 15 is 0 Å². The predicted molar refractivity (Wildman–Crippen MR) is 62.8 cm³/mol. The van der Waals surface area contributed by atoms with E-state index in [9.17, 15) is 18.0 Å². The normalized spacial score (nSPS) is 11.4. The molecule has 0 fully saturated rings. The molecule has 0 aliphatic carbocycles. The summed E-state index contributed by atoms with van der Waals surface area (Å²) in [5.41, 5.74) is -0.583. The van der Waals surface area contributed by atoms with E-state index in [1.54, 1.807) is 0 Å². The Bertz CT molecular complexity index is 591. The van der Waals surface area contributed by atoms with E-state index in [4.69, 9.17) is 0 Å². The highest BCUT2D eigenvalue weighted by atomic mass is 19.4. The van der Waals surface area contributed by atoms with Crippen molar-refractivity contribution in [2.75, 3.05) is 5.32 Å². The highest BCUT2D eigenvalue weighted by Gasteiger charge is 2.32. The van der Waals surface area contributed by atoms with Gasteiger partial charge in [-0.15, -0.1) is 0 Å². The van der Waals surface area contributed by atoms with Crippen molar-refractivity contribution in [2.24, 2.45) is 0 Å². The van der Waals surface area contributed by atoms with Gasteiger partial charge in [-0.05, 0) is 24.6 Å². The van der Waals surface area contributed by atoms with Crippen LogP contribution in [0.25, 0.3) is 0 Å². The molecule has 1 aromatic heterocycles. The van der Waals surface area contributed by atoms with Crippen LogP contribution in [0.2, 0.25) is 0 Å². The summed E-state index contributed by atoms with van der Waals surface area (Å²) in [5, 5.41) is 2.37. The summed E-state index contributed by atoms with van der Waals surface area (Å²) in [6.45, 7) is 1.37. The van der Waals surface area contributed by atoms with E-state index in [-0.39, 0.29) is 11.3 Å². The molecule has 0 aliphatic rings. The van der Waals surface area contributed by atoms with Crippen LogP contribution in [-0.4, -0.2) is 15.6 Å². The summed E-state index contributed by atoms with van der Waals surface area (Å²) in [5.74, 6) is 0. The molecule has 0 bridgehead atoms. The molecule has 1 N–H and O–H groups in total. The fourth-order valence-electron chi connectivity index (χ4n) is 1.57. The van der Waals surface area contributed by atoms with Gasteiger partial charge in [0.15, 0.2) is 0 Å². The van der Waals surface area contributed by atoms with Crippen LogP contribution >= 0.6 is 0 Å². The van der Waals surface area contributed by atoms with Crippen LogP contribution in [0, 0.1) is 6.92 Å². The highest BCUT2D eigenvalue weighted by molar-refractivity contribution is 5.91. The average molecular weight is 269 g/mol. The second-order valence-electron chi connectivity index (χ2n) is 3.93. The lowest BCUT2D eigenvalue weighted by atomic mass is 10.1. The average Bonchev–Trinajstić information content (AvgIpc) is 2.83. The van der Waals surface area contributed by atoms with Crippen LogP contribution in [0.3, 0.4) is 0 Å². The van der Waals surface area contributed by atoms with Crippen molar-refractivity contribution in [1.82, 2.24) is 9.55 Å². The third-order valence-corrected chi connectivity index (χ3v) is 2.53. The predicted octanol–water partition coefficient (Wildman–Crippen LogP) is 3.29. The van der Waals surface area contributed by atoms with Gasteiger partial charge >= 0.3 is 12.2 Å². The second kappa shape index (κ2) is 4.75. The van der Waals surface area contributed by atoms with Crippen molar-refractivity contribution < 1.29 is 18.0 Å². The Kier molecular flexibility index (Phi) is 3.28. The maximum Gasteiger partial charge on any atom is 0.416 e. The van der Waals surface area contributed by atoms with E-state index in [0.717, 1.165) is 10.6 Å². The monoisotopic (exact) mass is 269 g/mol. The van der Waals surface area contributed by atoms with E-state index in [2.05, 4.69) is 10.3 Å². The van der Waals surface area contributed by atoms with E-state index < -0.39 is 17.8 Å². The van der Waals surface area contributed by atoms with Gasteiger partial charge in [-0.2, -0.15) is 13.2 Å². The first kappa shape index (κ1) is 13.1. The van der Waals surface area contributed by atoms with Crippen LogP contribution in [-0.2, 0) is 6.18 Å². The van der Waals surface area contributed by atoms with Gasteiger partial charge < -0.3 is 5.32 Å². The minimum atomic E-state index is -4.44. The zero-order valence-electron chi connectivity index (χ0n) is 9.90. The number of halogens is 3. The van der Waals surface area contributed by atoms with Gasteiger partial charge in [0.1, 0.15) is 6.33 Å². The first-order valence-corrected chi connectivity index (χ1v) is 5.35. The highest BCUT2D eigenvalue weighted by Crippen LogP contribution is 2.33. The molecule has 2 rings (SSSR count). The zero-order valence-corrected chi connectivity index (χ0v) is 9.90. The summed E-state index contributed by atoms with van der Waals surface area (Å²) in [6.07, 6.45) is -0.391. The van der Waals surface area contributed by atoms with E-state index in [1.807, 2.05) is 0 Å². The summed E-state index contributed by atoms with van der Waals surface area (Å²) < 4.78 is 39.3. The quantitative estimate of drug-likeness (QED) is 0.863. The third kappa shape index (κ3) is 2.93. The number of alkyl halides is 3. The molecule has 7 heteroatoms. The molecule has 0 radical (unpaired) electrons. The van der Waals surface area contributed by atoms with Gasteiger partial charge in [-0.1, -0.05) is 6.07 Å². The molecule has 0 atom stereocenters. The largest absolute Gasteiger partial charge is 0.416 e. The number of aryl methyl sites for hydroxylation is 1. The summed E-state index contributed by atoms with van der Waals surface area (Å²) in [7, 11) is 0. The van der Waals surface area contributed by atoms with Crippen LogP contribution in [0.4, 0.5) is 23.7 Å². The number of nitrogens with one attached hydrogen (secondary N) is 1. The molecular weight excluding hydrogens is 259 g/mol. The molecule has 0 saturated heterocycles. The fourth-order valence-corrected chi connectivity index (χ4v) is 1.57. The number of carbonyl (C=O) groups is 1. The molecule has 1 aromatic carbocycles. The van der Waals surface area contributed by atoms with Crippen LogP contribution < -0.4 is 5.32 Å². The third-order valence-electron chi connectivity index (χ3n) is 2.53. The van der Waals surface area contributed by atoms with Crippen molar-refractivity contribution in [2.45, 2.75) is 13.1 Å². The van der Waals surface area contributed by atoms with Gasteiger partial charge in [-0.25, -0.2) is 9.78 Å². The number of carbonyl (C=O) groups excluding carboxylic acids is 1. The van der Waals surface area contributed by atoms with Gasteiger partial charge in [-0.3, -0.25) is 4.57 Å². The lowest BCUT2D eigenvalue weighted by Gasteiger charge is -2.12. The Labute approximate surface area is 106 Å². The minimum absolute atomic E-state index is 0.0802. The number of benzene rings is 1. The van der Waals surface area contributed by atoms with Gasteiger partial charge in [0.2, 0.25) is 0 Å². The number of rotatable bonds is 1. The molecule has 4 nitrogen and oxygen atoms in total. The molecule has 19 heavy (non-hydrogen) atoms. The molecule has 0 spiro atoms. The zero-order chi connectivity index (χ0) is 14.0. The SMILES string of the molecule is Cc1ccc(NC(=O)n2ccnc2)cc1C(F)(F)F. The molecular formula is C12H10F3N3O. The van der Waals surface area contributed by atoms with Gasteiger partial charge in [0, 0.05) is 18.1 Å². The first-order valence-electron chi connectivity index (χ1n) is 5.35. The fraction of sp³-hybridized carbons (Fsp3) is 0.167. The molecule has 1 heterocycles. The van der Waals surface area contributed by atoms with Crippen LogP contribution in [0.1, 0.15) is 11.1 Å². The summed E-state index contributed by atoms with van der Waals surface area (Å²) in [4.78, 5) is 15.3. The number of hydrogen-bond donors (Lipinski definition) is 1. The van der Waals surface area contributed by atoms with Crippen molar-refractivity contribution in [3.8, 4) is 0 Å². The lowest BCUT2D eigenvalue weighted by molar-refractivity contribution is -0.138. The number of anilines is 1. The Morgan fingerprint density at radius 1 is 1.37 bits per heavy atom. The van der Waals surface area contributed by atoms with Crippen molar-refractivity contribution in [1.29, 1.82) is 0 Å². The van der Waals surface area contributed by atoms with E-state index in [1.165, 1.54) is 37.8 Å². The number of imidazole rings is 1. The summed E-state index contributed by atoms with van der Waals surface area (Å²) >= 11 is 0. The molecule has 0 aliphatic heterocycles. The Morgan fingerprint density at radius 3 is 2.68 bits per heavy atom. The minimum Gasteiger partial charge on any atom is -0.307 e. The topological polar surface area (TPSA) is 46.9 Å². The van der Waals surface area contributed by atoms with Gasteiger partial charge in [0.25, 0.3) is 0 Å². The molecule has 2 aromatic rings. The standard InChI is InChI=1S/C12H10F3N3O/c1-8-2-3-9(6-10(8)12(13,14)15)17-11(19)18-5-4-16-7-18/h2-7H,1H3,(H,17,19). The smallest absolute Gasteiger partial charge is 0.307 e. The molecule has 100 valence electrons. The second-order valence-corrected chi connectivity index (χ2v) is 3.93. The Morgan fingerprint density at radius 2 is 2.11 bits per heavy atom. The maximum absolute atomic E-state index is 12.7. The Hall–Kier alpha value is -2.31. The van der Waals surface area contributed by atoms with E-state index in [0.29, 0.717) is 0 Å². The number of nitrogens with zero attached hydrogens (tertiary/aromatic N) is 2. The first-order chi connectivity index (χ1) is 8.88. The number of hydrogen-bond acceptors (Lipinski definition) is 2. The van der Waals surface area contributed by atoms with Crippen molar-refractivity contribution in [3.05, 3.63) is 48.0 Å². The maximum atomic E-state index is 12.7. The van der Waals surface area contributed by atoms with Crippen LogP contribution in [0.5, 0.6) is 0 Å². The van der Waals surface area contributed by atoms with Crippen molar-refractivity contribution >= 4 is 11.7 Å². The van der Waals surface area contributed by atoms with Gasteiger partial charge in [0.05, 0.1) is 5.56 Å².